The van der Waals surface area contributed by atoms with Gasteiger partial charge in [-0.15, -0.1) is 0 Å². The van der Waals surface area contributed by atoms with Crippen LogP contribution >= 0.6 is 0 Å². The molecule has 0 spiro atoms. The van der Waals surface area contributed by atoms with Gasteiger partial charge in [0, 0.05) is 122 Å². The van der Waals surface area contributed by atoms with Crippen molar-refractivity contribution in [2.45, 2.75) is 25.7 Å². The number of rotatable bonds is 14. The molecule has 0 aromatic heterocycles. The molecule has 0 amide bonds. The summed E-state index contributed by atoms with van der Waals surface area (Å²) in [6.45, 7) is 3.25. The van der Waals surface area contributed by atoms with Crippen molar-refractivity contribution in [3.63, 3.8) is 0 Å². The molecule has 0 unspecified atom stereocenters. The minimum absolute atomic E-state index is 0. The van der Waals surface area contributed by atoms with Gasteiger partial charge >= 0.3 is 0 Å². The van der Waals surface area contributed by atoms with E-state index in [4.69, 9.17) is 10.2 Å². The molecule has 0 radical (unpaired) electrons. The second kappa shape index (κ2) is 32.0. The summed E-state index contributed by atoms with van der Waals surface area (Å²) in [6.07, 6.45) is 38.7. The number of unbranched alkanes of at least 4 members (excludes halogenated alkanes) is 2. The van der Waals surface area contributed by atoms with Crippen LogP contribution in [0.25, 0.3) is 0 Å². The molecule has 4 aliphatic rings. The van der Waals surface area contributed by atoms with Crippen molar-refractivity contribution in [1.82, 2.24) is 21.3 Å². The summed E-state index contributed by atoms with van der Waals surface area (Å²) >= 11 is 0. The summed E-state index contributed by atoms with van der Waals surface area (Å²) in [6, 6.07) is 0. The van der Waals surface area contributed by atoms with Gasteiger partial charge in [-0.3, -0.25) is 19.2 Å². The number of carbonyl (C=O) groups excluding carboxylic acids is 4. The SMILES string of the molecule is CO.CO.O=C1C=CC=CC1=CNCCCCNC=C1C=CC=CC1=O.O=C1C=CC=CC1=CNCCCCNC=C1C=CC=CC1=O.[Fe].[Fe]. The van der Waals surface area contributed by atoms with E-state index >= 15 is 0 Å². The molecule has 0 saturated heterocycles. The molecule has 0 aromatic rings. The van der Waals surface area contributed by atoms with Gasteiger partial charge in [0.25, 0.3) is 0 Å². The van der Waals surface area contributed by atoms with E-state index in [1.165, 1.54) is 0 Å². The van der Waals surface area contributed by atoms with E-state index in [2.05, 4.69) is 21.3 Å². The monoisotopic (exact) mass is 768 g/mol. The minimum Gasteiger partial charge on any atom is -0.400 e. The van der Waals surface area contributed by atoms with E-state index in [0.717, 1.165) is 66.1 Å². The van der Waals surface area contributed by atoms with Crippen molar-refractivity contribution >= 4 is 23.1 Å². The predicted molar refractivity (Wildman–Crippen MR) is 192 cm³/mol. The molecule has 0 bridgehead atoms. The van der Waals surface area contributed by atoms with Crippen LogP contribution in [0.15, 0.2) is 144 Å². The third kappa shape index (κ3) is 20.9. The van der Waals surface area contributed by atoms with Gasteiger partial charge in [-0.1, -0.05) is 48.6 Å². The van der Waals surface area contributed by atoms with Crippen LogP contribution in [-0.2, 0) is 53.3 Å². The summed E-state index contributed by atoms with van der Waals surface area (Å²) < 4.78 is 0. The fraction of sp³-hybridized carbons (Fsp3) is 0.263. The van der Waals surface area contributed by atoms with Crippen molar-refractivity contribution < 1.29 is 63.5 Å². The molecule has 10 nitrogen and oxygen atoms in total. The first kappa shape index (κ1) is 47.8. The maximum Gasteiger partial charge on any atom is 0.187 e. The van der Waals surface area contributed by atoms with Crippen molar-refractivity contribution in [2.24, 2.45) is 0 Å². The zero-order valence-corrected chi connectivity index (χ0v) is 30.6. The Morgan fingerprint density at radius 1 is 0.380 bits per heavy atom. The summed E-state index contributed by atoms with van der Waals surface area (Å²) in [5.41, 5.74) is 2.73. The number of ketones is 4. The molecule has 12 heteroatoms. The van der Waals surface area contributed by atoms with E-state index < -0.39 is 0 Å². The Bertz CT molecular complexity index is 1230. The molecule has 0 atom stereocenters. The molecule has 0 aromatic carbocycles. The molecule has 0 aliphatic heterocycles. The molecular formula is C38H48Fe2N4O6. The van der Waals surface area contributed by atoms with Gasteiger partial charge in [-0.05, 0) is 74.3 Å². The topological polar surface area (TPSA) is 157 Å². The molecule has 50 heavy (non-hydrogen) atoms. The molecular weight excluding hydrogens is 720 g/mol. The average molecular weight is 769 g/mol. The van der Waals surface area contributed by atoms with Crippen LogP contribution in [0.1, 0.15) is 25.7 Å². The zero-order chi connectivity index (χ0) is 35.2. The molecule has 4 rings (SSSR count). The summed E-state index contributed by atoms with van der Waals surface area (Å²) in [5, 5.41) is 26.6. The second-order valence-electron chi connectivity index (χ2n) is 9.96. The first-order chi connectivity index (χ1) is 23.5. The Hall–Kier alpha value is -4.28. The fourth-order valence-corrected chi connectivity index (χ4v) is 4.04. The number of nitrogens with one attached hydrogen (secondary N) is 4. The van der Waals surface area contributed by atoms with E-state index in [-0.39, 0.29) is 57.3 Å². The Balaban J connectivity index is 0. The van der Waals surface area contributed by atoms with E-state index in [0.29, 0.717) is 22.3 Å². The third-order valence-corrected chi connectivity index (χ3v) is 6.49. The standard InChI is InChI=1S/2C18H20N2O2.2CH4O.2Fe/c2*21-17-9-3-1-7-15(17)13-19-11-5-6-12-20-14-16-8-2-4-10-18(16)22;2*1-2;;/h2*1-4,7-10,13-14,19-20H,5-6,11-12H2;2*2H,1H3;;. The molecule has 272 valence electrons. The second-order valence-corrected chi connectivity index (χ2v) is 9.96. The molecule has 0 fully saturated rings. The van der Waals surface area contributed by atoms with Gasteiger partial charge in [0.15, 0.2) is 23.1 Å². The van der Waals surface area contributed by atoms with E-state index in [9.17, 15) is 19.2 Å². The Morgan fingerprint density at radius 2 is 0.560 bits per heavy atom. The summed E-state index contributed by atoms with van der Waals surface area (Å²) in [7, 11) is 2.00. The van der Waals surface area contributed by atoms with Gasteiger partial charge < -0.3 is 31.5 Å². The summed E-state index contributed by atoms with van der Waals surface area (Å²) in [5.74, 6) is 0.121. The smallest absolute Gasteiger partial charge is 0.187 e. The van der Waals surface area contributed by atoms with Gasteiger partial charge in [-0.25, -0.2) is 0 Å². The molecule has 6 N–H and O–H groups in total. The van der Waals surface area contributed by atoms with Crippen LogP contribution in [0.3, 0.4) is 0 Å². The predicted octanol–water partition coefficient (Wildman–Crippen LogP) is 3.42. The van der Waals surface area contributed by atoms with Crippen molar-refractivity contribution in [1.29, 1.82) is 0 Å². The number of hydrogen-bond acceptors (Lipinski definition) is 10. The number of aliphatic hydroxyl groups is 2. The number of allylic oxidation sites excluding steroid dienone is 20. The zero-order valence-electron chi connectivity index (χ0n) is 28.4. The van der Waals surface area contributed by atoms with Crippen LogP contribution < -0.4 is 21.3 Å². The Morgan fingerprint density at radius 3 is 0.740 bits per heavy atom. The molecule has 0 saturated carbocycles. The van der Waals surface area contributed by atoms with Gasteiger partial charge in [0.2, 0.25) is 0 Å². The molecule has 4 aliphatic carbocycles. The quantitative estimate of drug-likeness (QED) is 0.0880. The van der Waals surface area contributed by atoms with E-state index in [1.54, 1.807) is 97.7 Å². The number of hydrogen-bond donors (Lipinski definition) is 6. The van der Waals surface area contributed by atoms with E-state index in [1.807, 2.05) is 24.3 Å². The van der Waals surface area contributed by atoms with Crippen LogP contribution in [0, 0.1) is 0 Å². The maximum atomic E-state index is 11.5. The van der Waals surface area contributed by atoms with Crippen LogP contribution in [0.4, 0.5) is 0 Å². The number of aliphatic hydroxyl groups excluding tert-OH is 2. The average Bonchev–Trinajstić information content (AvgIpc) is 3.12. The Labute approximate surface area is 317 Å². The van der Waals surface area contributed by atoms with Crippen molar-refractivity contribution in [3.8, 4) is 0 Å². The number of carbonyl (C=O) groups is 4. The molecule has 0 heterocycles. The van der Waals surface area contributed by atoms with Crippen LogP contribution in [0.5, 0.6) is 0 Å². The maximum absolute atomic E-state index is 11.5. The minimum atomic E-state index is 0. The van der Waals surface area contributed by atoms with Crippen molar-refractivity contribution in [3.05, 3.63) is 144 Å². The first-order valence-electron chi connectivity index (χ1n) is 15.7. The first-order valence-corrected chi connectivity index (χ1v) is 15.7. The van der Waals surface area contributed by atoms with Gasteiger partial charge in [-0.2, -0.15) is 0 Å². The summed E-state index contributed by atoms with van der Waals surface area (Å²) in [4.78, 5) is 45.9. The third-order valence-electron chi connectivity index (χ3n) is 6.49. The van der Waals surface area contributed by atoms with Crippen LogP contribution in [-0.4, -0.2) is 73.7 Å². The fourth-order valence-electron chi connectivity index (χ4n) is 4.04. The normalized spacial score (nSPS) is 18.0. The van der Waals surface area contributed by atoms with Gasteiger partial charge in [0.05, 0.1) is 0 Å². The largest absolute Gasteiger partial charge is 0.400 e. The van der Waals surface area contributed by atoms with Crippen molar-refractivity contribution in [2.75, 3.05) is 40.4 Å². The Kier molecular flexibility index (Phi) is 30.6. The van der Waals surface area contributed by atoms with Crippen LogP contribution in [0.2, 0.25) is 0 Å². The van der Waals surface area contributed by atoms with Gasteiger partial charge in [0.1, 0.15) is 0 Å².